The minimum atomic E-state index is -0.622. The number of carbonyl (C=O) groups excluding carboxylic acids is 2. The van der Waals surface area contributed by atoms with Crippen LogP contribution in [0.4, 0.5) is 0 Å². The van der Waals surface area contributed by atoms with Crippen molar-refractivity contribution < 1.29 is 19.1 Å². The molecule has 0 heterocycles. The summed E-state index contributed by atoms with van der Waals surface area (Å²) in [6.45, 7) is 5.63. The van der Waals surface area contributed by atoms with Crippen LogP contribution in [0.2, 0.25) is 0 Å². The van der Waals surface area contributed by atoms with Crippen LogP contribution in [0.15, 0.2) is 48.5 Å². The molecule has 6 nitrogen and oxygen atoms in total. The Morgan fingerprint density at radius 3 is 1.67 bits per heavy atom. The molecule has 2 aromatic rings. The Kier molecular flexibility index (Phi) is 6.10. The molecule has 0 aromatic heterocycles. The smallest absolute Gasteiger partial charge is 0.273 e. The zero-order valence-corrected chi connectivity index (χ0v) is 16.6. The van der Waals surface area contributed by atoms with E-state index in [4.69, 9.17) is 9.47 Å². The first-order valence-corrected chi connectivity index (χ1v) is 8.59. The summed E-state index contributed by atoms with van der Waals surface area (Å²) in [4.78, 5) is 26.2. The summed E-state index contributed by atoms with van der Waals surface area (Å²) >= 11 is 0. The van der Waals surface area contributed by atoms with Gasteiger partial charge in [-0.3, -0.25) is 9.59 Å². The van der Waals surface area contributed by atoms with Gasteiger partial charge in [-0.05, 0) is 57.2 Å². The van der Waals surface area contributed by atoms with Crippen molar-refractivity contribution in [1.29, 1.82) is 0 Å². The van der Waals surface area contributed by atoms with E-state index < -0.39 is 5.54 Å². The maximum absolute atomic E-state index is 13.2. The molecule has 0 saturated carbocycles. The largest absolute Gasteiger partial charge is 0.497 e. The van der Waals surface area contributed by atoms with E-state index in [0.29, 0.717) is 22.6 Å². The van der Waals surface area contributed by atoms with Gasteiger partial charge < -0.3 is 9.47 Å². The molecule has 6 heteroatoms. The van der Waals surface area contributed by atoms with Gasteiger partial charge in [-0.1, -0.05) is 12.1 Å². The van der Waals surface area contributed by atoms with Crippen molar-refractivity contribution in [3.05, 3.63) is 59.7 Å². The molecule has 0 spiro atoms. The van der Waals surface area contributed by atoms with E-state index in [-0.39, 0.29) is 11.8 Å². The van der Waals surface area contributed by atoms with Crippen LogP contribution in [-0.4, -0.2) is 48.6 Å². The summed E-state index contributed by atoms with van der Waals surface area (Å²) in [7, 11) is 4.68. The van der Waals surface area contributed by atoms with E-state index in [2.05, 4.69) is 0 Å². The molecule has 0 saturated heterocycles. The zero-order chi connectivity index (χ0) is 20.2. The van der Waals surface area contributed by atoms with Crippen LogP contribution in [0.1, 0.15) is 41.5 Å². The van der Waals surface area contributed by atoms with Gasteiger partial charge in [-0.2, -0.15) is 0 Å². The molecule has 0 aliphatic carbocycles. The van der Waals surface area contributed by atoms with E-state index in [1.54, 1.807) is 69.8 Å². The van der Waals surface area contributed by atoms with Gasteiger partial charge in [-0.15, -0.1) is 0 Å². The maximum Gasteiger partial charge on any atom is 0.273 e. The van der Waals surface area contributed by atoms with Crippen LogP contribution in [0.3, 0.4) is 0 Å². The molecule has 144 valence electrons. The number of hydrogen-bond acceptors (Lipinski definition) is 4. The van der Waals surface area contributed by atoms with Gasteiger partial charge in [-0.25, -0.2) is 10.0 Å². The lowest BCUT2D eigenvalue weighted by Crippen LogP contribution is -2.56. The number of carbonyl (C=O) groups is 2. The monoisotopic (exact) mass is 370 g/mol. The van der Waals surface area contributed by atoms with Crippen molar-refractivity contribution >= 4 is 11.8 Å². The van der Waals surface area contributed by atoms with Gasteiger partial charge >= 0.3 is 0 Å². The average Bonchev–Trinajstić information content (AvgIpc) is 2.66. The molecule has 2 amide bonds. The predicted molar refractivity (Wildman–Crippen MR) is 104 cm³/mol. The Labute approximate surface area is 160 Å². The minimum absolute atomic E-state index is 0.292. The Balaban J connectivity index is 2.40. The second-order valence-corrected chi connectivity index (χ2v) is 7.08. The van der Waals surface area contributed by atoms with Crippen LogP contribution >= 0.6 is 0 Å². The molecule has 0 radical (unpaired) electrons. The standard InChI is InChI=1S/C21H26N2O4/c1-21(2,3)23(20(25)16-10-8-12-18(14-16)27-6)22(4)19(24)15-9-7-11-17(13-15)26-5/h7-14H,1-6H3. The van der Waals surface area contributed by atoms with Gasteiger partial charge in [0, 0.05) is 18.2 Å². The lowest BCUT2D eigenvalue weighted by atomic mass is 10.1. The summed E-state index contributed by atoms with van der Waals surface area (Å²) in [6, 6.07) is 13.7. The number of rotatable bonds is 4. The first kappa shape index (κ1) is 20.3. The second-order valence-electron chi connectivity index (χ2n) is 7.08. The Bertz CT molecular complexity index is 827. The van der Waals surface area contributed by atoms with Gasteiger partial charge in [0.15, 0.2) is 0 Å². The summed E-state index contributed by atoms with van der Waals surface area (Å²) < 4.78 is 10.4. The van der Waals surface area contributed by atoms with Crippen molar-refractivity contribution in [2.45, 2.75) is 26.3 Å². The van der Waals surface area contributed by atoms with Crippen LogP contribution in [0.5, 0.6) is 11.5 Å². The number of nitrogens with zero attached hydrogens (tertiary/aromatic N) is 2. The fraction of sp³-hybridized carbons (Fsp3) is 0.333. The molecule has 0 atom stereocenters. The Hall–Kier alpha value is -3.02. The Morgan fingerprint density at radius 1 is 0.815 bits per heavy atom. The molecule has 0 aliphatic heterocycles. The molecular weight excluding hydrogens is 344 g/mol. The van der Waals surface area contributed by atoms with E-state index in [9.17, 15) is 9.59 Å². The number of methoxy groups -OCH3 is 2. The number of amides is 2. The van der Waals surface area contributed by atoms with Crippen molar-refractivity contribution in [2.75, 3.05) is 21.3 Å². The van der Waals surface area contributed by atoms with Crippen molar-refractivity contribution in [1.82, 2.24) is 10.0 Å². The van der Waals surface area contributed by atoms with Crippen molar-refractivity contribution in [2.24, 2.45) is 0 Å². The summed E-state index contributed by atoms with van der Waals surface area (Å²) in [5.41, 5.74) is 0.253. The van der Waals surface area contributed by atoms with Crippen molar-refractivity contribution in [3.63, 3.8) is 0 Å². The fourth-order valence-electron chi connectivity index (χ4n) is 2.80. The van der Waals surface area contributed by atoms with E-state index >= 15 is 0 Å². The average molecular weight is 370 g/mol. The van der Waals surface area contributed by atoms with Crippen LogP contribution in [0, 0.1) is 0 Å². The third-order valence-electron chi connectivity index (χ3n) is 4.06. The highest BCUT2D eigenvalue weighted by atomic mass is 16.5. The first-order chi connectivity index (χ1) is 12.7. The molecule has 0 bridgehead atoms. The van der Waals surface area contributed by atoms with E-state index in [0.717, 1.165) is 0 Å². The molecule has 2 rings (SSSR count). The molecular formula is C21H26N2O4. The summed E-state index contributed by atoms with van der Waals surface area (Å²) in [6.07, 6.45) is 0. The molecule has 0 N–H and O–H groups in total. The van der Waals surface area contributed by atoms with Crippen LogP contribution in [0.25, 0.3) is 0 Å². The normalized spacial score (nSPS) is 10.9. The molecule has 2 aromatic carbocycles. The summed E-state index contributed by atoms with van der Waals surface area (Å²) in [5, 5.41) is 2.79. The maximum atomic E-state index is 13.2. The Morgan fingerprint density at radius 2 is 1.26 bits per heavy atom. The van der Waals surface area contributed by atoms with Crippen LogP contribution in [-0.2, 0) is 0 Å². The first-order valence-electron chi connectivity index (χ1n) is 8.59. The van der Waals surface area contributed by atoms with E-state index in [1.165, 1.54) is 10.0 Å². The number of benzene rings is 2. The number of hydrogen-bond donors (Lipinski definition) is 0. The minimum Gasteiger partial charge on any atom is -0.497 e. The van der Waals surface area contributed by atoms with Crippen molar-refractivity contribution in [3.8, 4) is 11.5 Å². The van der Waals surface area contributed by atoms with Gasteiger partial charge in [0.25, 0.3) is 11.8 Å². The van der Waals surface area contributed by atoms with Gasteiger partial charge in [0.1, 0.15) is 11.5 Å². The van der Waals surface area contributed by atoms with Crippen LogP contribution < -0.4 is 9.47 Å². The number of ether oxygens (including phenoxy) is 2. The number of hydrazine groups is 1. The van der Waals surface area contributed by atoms with Gasteiger partial charge in [0.05, 0.1) is 19.8 Å². The zero-order valence-electron chi connectivity index (χ0n) is 16.6. The third-order valence-corrected chi connectivity index (χ3v) is 4.06. The highest BCUT2D eigenvalue weighted by Crippen LogP contribution is 2.23. The highest BCUT2D eigenvalue weighted by Gasteiger charge is 2.34. The lowest BCUT2D eigenvalue weighted by Gasteiger charge is -2.41. The predicted octanol–water partition coefficient (Wildman–Crippen LogP) is 3.63. The van der Waals surface area contributed by atoms with Gasteiger partial charge in [0.2, 0.25) is 0 Å². The lowest BCUT2D eigenvalue weighted by molar-refractivity contribution is -0.0308. The van der Waals surface area contributed by atoms with E-state index in [1.807, 2.05) is 20.8 Å². The highest BCUT2D eigenvalue weighted by molar-refractivity contribution is 5.99. The topological polar surface area (TPSA) is 59.1 Å². The molecule has 0 unspecified atom stereocenters. The molecule has 0 aliphatic rings. The quantitative estimate of drug-likeness (QED) is 0.771. The fourth-order valence-corrected chi connectivity index (χ4v) is 2.80. The SMILES string of the molecule is COc1cccc(C(=O)N(C)N(C(=O)c2cccc(OC)c2)C(C)(C)C)c1. The second kappa shape index (κ2) is 8.12. The molecule has 0 fully saturated rings. The molecule has 27 heavy (non-hydrogen) atoms. The third kappa shape index (κ3) is 4.58. The summed E-state index contributed by atoms with van der Waals surface area (Å²) in [5.74, 6) is 0.562.